The number of nitrogens with zero attached hydrogens (tertiary/aromatic N) is 5. The van der Waals surface area contributed by atoms with E-state index in [2.05, 4.69) is 15.2 Å². The second-order valence-electron chi connectivity index (χ2n) is 6.37. The van der Waals surface area contributed by atoms with Gasteiger partial charge in [-0.1, -0.05) is 12.1 Å². The minimum atomic E-state index is -0.305. The highest BCUT2D eigenvalue weighted by Crippen LogP contribution is 2.23. The van der Waals surface area contributed by atoms with Gasteiger partial charge in [-0.15, -0.1) is 10.2 Å². The molecular weight excluding hydrogens is 333 g/mol. The molecule has 26 heavy (non-hydrogen) atoms. The largest absolute Gasteiger partial charge is 0.338 e. The van der Waals surface area contributed by atoms with Crippen molar-refractivity contribution in [3.05, 3.63) is 66.6 Å². The SMILES string of the molecule is O=C(c1ccc(-c2cccc(F)c2)nc1)N1CCC(n2cnnc2)CC1. The third-order valence-electron chi connectivity index (χ3n) is 4.74. The van der Waals surface area contributed by atoms with E-state index in [1.54, 1.807) is 43.1 Å². The molecule has 0 atom stereocenters. The Morgan fingerprint density at radius 3 is 2.50 bits per heavy atom. The van der Waals surface area contributed by atoms with Crippen LogP contribution in [0.3, 0.4) is 0 Å². The average Bonchev–Trinajstić information content (AvgIpc) is 3.23. The van der Waals surface area contributed by atoms with Gasteiger partial charge in [0.1, 0.15) is 18.5 Å². The zero-order valence-corrected chi connectivity index (χ0v) is 14.1. The van der Waals surface area contributed by atoms with Crippen molar-refractivity contribution in [2.75, 3.05) is 13.1 Å². The predicted molar refractivity (Wildman–Crippen MR) is 93.8 cm³/mol. The lowest BCUT2D eigenvalue weighted by Gasteiger charge is -2.32. The molecule has 1 aliphatic heterocycles. The van der Waals surface area contributed by atoms with Gasteiger partial charge in [0, 0.05) is 30.9 Å². The van der Waals surface area contributed by atoms with Crippen LogP contribution in [-0.2, 0) is 0 Å². The smallest absolute Gasteiger partial charge is 0.255 e. The molecular formula is C19H18FN5O. The summed E-state index contributed by atoms with van der Waals surface area (Å²) in [6, 6.07) is 10.1. The van der Waals surface area contributed by atoms with Crippen molar-refractivity contribution in [1.82, 2.24) is 24.6 Å². The minimum Gasteiger partial charge on any atom is -0.338 e. The molecule has 0 aliphatic carbocycles. The van der Waals surface area contributed by atoms with Gasteiger partial charge < -0.3 is 9.47 Å². The number of benzene rings is 1. The minimum absolute atomic E-state index is 0.0227. The fourth-order valence-corrected chi connectivity index (χ4v) is 3.29. The first-order valence-corrected chi connectivity index (χ1v) is 8.56. The Bertz CT molecular complexity index is 887. The van der Waals surface area contributed by atoms with E-state index < -0.39 is 0 Å². The van der Waals surface area contributed by atoms with Crippen LogP contribution in [0.4, 0.5) is 4.39 Å². The molecule has 0 unspecified atom stereocenters. The van der Waals surface area contributed by atoms with Crippen molar-refractivity contribution in [2.45, 2.75) is 18.9 Å². The second-order valence-corrected chi connectivity index (χ2v) is 6.37. The summed E-state index contributed by atoms with van der Waals surface area (Å²) in [5.74, 6) is -0.328. The maximum absolute atomic E-state index is 13.3. The third kappa shape index (κ3) is 3.33. The van der Waals surface area contributed by atoms with Gasteiger partial charge in [0.2, 0.25) is 0 Å². The predicted octanol–water partition coefficient (Wildman–Crippen LogP) is 2.96. The van der Waals surface area contributed by atoms with Crippen LogP contribution >= 0.6 is 0 Å². The van der Waals surface area contributed by atoms with Gasteiger partial charge in [0.15, 0.2) is 0 Å². The monoisotopic (exact) mass is 351 g/mol. The van der Waals surface area contributed by atoms with Crippen LogP contribution in [-0.4, -0.2) is 43.6 Å². The molecule has 0 radical (unpaired) electrons. The summed E-state index contributed by atoms with van der Waals surface area (Å²) in [5, 5.41) is 7.68. The van der Waals surface area contributed by atoms with E-state index in [1.807, 2.05) is 9.47 Å². The van der Waals surface area contributed by atoms with Crippen LogP contribution in [0.15, 0.2) is 55.2 Å². The molecule has 2 aromatic heterocycles. The van der Waals surface area contributed by atoms with Gasteiger partial charge in [-0.25, -0.2) is 4.39 Å². The molecule has 0 saturated carbocycles. The zero-order chi connectivity index (χ0) is 17.9. The highest BCUT2D eigenvalue weighted by molar-refractivity contribution is 5.94. The first kappa shape index (κ1) is 16.4. The maximum Gasteiger partial charge on any atom is 0.255 e. The number of likely N-dealkylation sites (tertiary alicyclic amines) is 1. The summed E-state index contributed by atoms with van der Waals surface area (Å²) in [6.45, 7) is 1.38. The van der Waals surface area contributed by atoms with E-state index in [9.17, 15) is 9.18 Å². The summed E-state index contributed by atoms with van der Waals surface area (Å²) >= 11 is 0. The first-order chi connectivity index (χ1) is 12.7. The van der Waals surface area contributed by atoms with Crippen molar-refractivity contribution >= 4 is 5.91 Å². The van der Waals surface area contributed by atoms with E-state index in [-0.39, 0.29) is 11.7 Å². The van der Waals surface area contributed by atoms with Gasteiger partial charge >= 0.3 is 0 Å². The van der Waals surface area contributed by atoms with Crippen LogP contribution in [0.1, 0.15) is 29.2 Å². The molecule has 0 spiro atoms. The van der Waals surface area contributed by atoms with Gasteiger partial charge in [0.25, 0.3) is 5.91 Å². The van der Waals surface area contributed by atoms with Crippen LogP contribution in [0.2, 0.25) is 0 Å². The number of carbonyl (C=O) groups excluding carboxylic acids is 1. The lowest BCUT2D eigenvalue weighted by molar-refractivity contribution is 0.0694. The summed E-state index contributed by atoms with van der Waals surface area (Å²) in [6.07, 6.45) is 6.75. The van der Waals surface area contributed by atoms with Crippen molar-refractivity contribution in [3.63, 3.8) is 0 Å². The number of piperidine rings is 1. The van der Waals surface area contributed by atoms with E-state index >= 15 is 0 Å². The Hall–Kier alpha value is -3.09. The summed E-state index contributed by atoms with van der Waals surface area (Å²) in [4.78, 5) is 18.9. The van der Waals surface area contributed by atoms with Crippen molar-refractivity contribution in [1.29, 1.82) is 0 Å². The van der Waals surface area contributed by atoms with Crippen molar-refractivity contribution in [3.8, 4) is 11.3 Å². The Morgan fingerprint density at radius 1 is 1.08 bits per heavy atom. The molecule has 1 aromatic carbocycles. The average molecular weight is 351 g/mol. The number of aromatic nitrogens is 4. The number of halogens is 1. The number of amides is 1. The topological polar surface area (TPSA) is 63.9 Å². The number of pyridine rings is 1. The van der Waals surface area contributed by atoms with Gasteiger partial charge in [-0.3, -0.25) is 9.78 Å². The third-order valence-corrected chi connectivity index (χ3v) is 4.74. The van der Waals surface area contributed by atoms with Gasteiger partial charge in [-0.05, 0) is 37.1 Å². The fraction of sp³-hybridized carbons (Fsp3) is 0.263. The molecule has 1 fully saturated rings. The molecule has 0 bridgehead atoms. The summed E-state index contributed by atoms with van der Waals surface area (Å²) in [7, 11) is 0. The van der Waals surface area contributed by atoms with Crippen molar-refractivity contribution < 1.29 is 9.18 Å². The highest BCUT2D eigenvalue weighted by atomic mass is 19.1. The Labute approximate surface area is 150 Å². The molecule has 0 N–H and O–H groups in total. The standard InChI is InChI=1S/C19H18FN5O/c20-16-3-1-2-14(10-16)18-5-4-15(11-21-18)19(26)24-8-6-17(7-9-24)25-12-22-23-13-25/h1-5,10-13,17H,6-9H2. The Kier molecular flexibility index (Phi) is 4.43. The van der Waals surface area contributed by atoms with Gasteiger partial charge in [-0.2, -0.15) is 0 Å². The van der Waals surface area contributed by atoms with E-state index in [0.29, 0.717) is 36.0 Å². The van der Waals surface area contributed by atoms with Crippen LogP contribution in [0.5, 0.6) is 0 Å². The molecule has 4 rings (SSSR count). The molecule has 3 heterocycles. The van der Waals surface area contributed by atoms with E-state index in [4.69, 9.17) is 0 Å². The van der Waals surface area contributed by atoms with Crippen molar-refractivity contribution in [2.24, 2.45) is 0 Å². The molecule has 1 aliphatic rings. The number of carbonyl (C=O) groups is 1. The zero-order valence-electron chi connectivity index (χ0n) is 14.1. The highest BCUT2D eigenvalue weighted by Gasteiger charge is 2.24. The summed E-state index contributed by atoms with van der Waals surface area (Å²) < 4.78 is 15.3. The Balaban J connectivity index is 1.42. The molecule has 1 saturated heterocycles. The van der Waals surface area contributed by atoms with Crippen LogP contribution in [0, 0.1) is 5.82 Å². The quantitative estimate of drug-likeness (QED) is 0.728. The first-order valence-electron chi connectivity index (χ1n) is 8.56. The lowest BCUT2D eigenvalue weighted by Crippen LogP contribution is -2.39. The number of hydrogen-bond donors (Lipinski definition) is 0. The van der Waals surface area contributed by atoms with Gasteiger partial charge in [0.05, 0.1) is 11.3 Å². The summed E-state index contributed by atoms with van der Waals surface area (Å²) in [5.41, 5.74) is 1.89. The number of hydrogen-bond acceptors (Lipinski definition) is 4. The molecule has 1 amide bonds. The van der Waals surface area contributed by atoms with Crippen LogP contribution in [0.25, 0.3) is 11.3 Å². The van der Waals surface area contributed by atoms with Crippen LogP contribution < -0.4 is 0 Å². The normalized spacial score (nSPS) is 15.2. The Morgan fingerprint density at radius 2 is 1.85 bits per heavy atom. The molecule has 3 aromatic rings. The fourth-order valence-electron chi connectivity index (χ4n) is 3.29. The van der Waals surface area contributed by atoms with E-state index in [1.165, 1.54) is 12.1 Å². The molecule has 7 heteroatoms. The molecule has 132 valence electrons. The second kappa shape index (κ2) is 7.03. The van der Waals surface area contributed by atoms with E-state index in [0.717, 1.165) is 12.8 Å². The number of rotatable bonds is 3. The lowest BCUT2D eigenvalue weighted by atomic mass is 10.0. The molecule has 6 nitrogen and oxygen atoms in total. The maximum atomic E-state index is 13.3.